The predicted molar refractivity (Wildman–Crippen MR) is 67.7 cm³/mol. The number of hydrogen-bond acceptors (Lipinski definition) is 2. The Bertz CT molecular complexity index is 340. The first-order chi connectivity index (χ1) is 7.56. The van der Waals surface area contributed by atoms with Crippen molar-refractivity contribution in [1.82, 2.24) is 0 Å². The summed E-state index contributed by atoms with van der Waals surface area (Å²) in [5.41, 5.74) is 7.52. The minimum absolute atomic E-state index is 0.0231. The van der Waals surface area contributed by atoms with Gasteiger partial charge in [-0.2, -0.15) is 0 Å². The summed E-state index contributed by atoms with van der Waals surface area (Å²) in [6, 6.07) is 7.91. The second-order valence-electron chi connectivity index (χ2n) is 4.62. The summed E-state index contributed by atoms with van der Waals surface area (Å²) in [4.78, 5) is 12.0. The zero-order valence-corrected chi connectivity index (χ0v) is 10.4. The van der Waals surface area contributed by atoms with Crippen molar-refractivity contribution >= 4 is 5.78 Å². The highest BCUT2D eigenvalue weighted by atomic mass is 16.1. The van der Waals surface area contributed by atoms with Gasteiger partial charge < -0.3 is 5.73 Å². The molecule has 0 heterocycles. The lowest BCUT2D eigenvalue weighted by molar-refractivity contribution is 0.0925. The largest absolute Gasteiger partial charge is 0.330 e. The zero-order chi connectivity index (χ0) is 12.1. The van der Waals surface area contributed by atoms with Gasteiger partial charge in [-0.15, -0.1) is 0 Å². The van der Waals surface area contributed by atoms with Crippen molar-refractivity contribution < 1.29 is 4.79 Å². The van der Waals surface area contributed by atoms with Crippen LogP contribution in [0.4, 0.5) is 0 Å². The van der Waals surface area contributed by atoms with Gasteiger partial charge in [0.2, 0.25) is 0 Å². The molecule has 0 radical (unpaired) electrons. The first-order valence-electron chi connectivity index (χ1n) is 5.90. The van der Waals surface area contributed by atoms with E-state index in [0.29, 0.717) is 12.5 Å². The summed E-state index contributed by atoms with van der Waals surface area (Å²) < 4.78 is 0. The number of ketones is 1. The molecule has 0 bridgehead atoms. The third-order valence-corrected chi connectivity index (χ3v) is 2.91. The fourth-order valence-corrected chi connectivity index (χ4v) is 1.70. The Balaban J connectivity index is 2.77. The van der Waals surface area contributed by atoms with Gasteiger partial charge in [0, 0.05) is 11.5 Å². The monoisotopic (exact) mass is 219 g/mol. The summed E-state index contributed by atoms with van der Waals surface area (Å²) in [6.07, 6.45) is 0.755. The predicted octanol–water partition coefficient (Wildman–Crippen LogP) is 2.98. The van der Waals surface area contributed by atoms with Crippen LogP contribution in [-0.2, 0) is 0 Å². The van der Waals surface area contributed by atoms with Gasteiger partial charge in [0.15, 0.2) is 5.78 Å². The molecule has 0 saturated carbocycles. The molecule has 0 spiro atoms. The first-order valence-corrected chi connectivity index (χ1v) is 5.90. The summed E-state index contributed by atoms with van der Waals surface area (Å²) in [6.45, 7) is 6.80. The van der Waals surface area contributed by atoms with Crippen molar-refractivity contribution in [2.45, 2.75) is 33.1 Å². The van der Waals surface area contributed by atoms with Gasteiger partial charge in [0.05, 0.1) is 0 Å². The molecule has 0 fully saturated rings. The molecule has 2 heteroatoms. The van der Waals surface area contributed by atoms with E-state index in [0.717, 1.165) is 12.0 Å². The Kier molecular flexibility index (Phi) is 4.69. The third kappa shape index (κ3) is 3.17. The SMILES string of the molecule is CC(CCN)C(=O)c1ccc(C(C)C)cc1. The maximum Gasteiger partial charge on any atom is 0.165 e. The highest BCUT2D eigenvalue weighted by molar-refractivity contribution is 5.97. The van der Waals surface area contributed by atoms with E-state index in [4.69, 9.17) is 5.73 Å². The Morgan fingerprint density at radius 2 is 1.75 bits per heavy atom. The maximum absolute atomic E-state index is 12.0. The third-order valence-electron chi connectivity index (χ3n) is 2.91. The topological polar surface area (TPSA) is 43.1 Å². The van der Waals surface area contributed by atoms with Crippen LogP contribution in [-0.4, -0.2) is 12.3 Å². The van der Waals surface area contributed by atoms with Gasteiger partial charge in [-0.25, -0.2) is 0 Å². The molecule has 1 rings (SSSR count). The van der Waals surface area contributed by atoms with Gasteiger partial charge in [-0.3, -0.25) is 4.79 Å². The Morgan fingerprint density at radius 3 is 2.19 bits per heavy atom. The van der Waals surface area contributed by atoms with Crippen LogP contribution in [0.25, 0.3) is 0 Å². The molecule has 1 atom stereocenters. The highest BCUT2D eigenvalue weighted by Crippen LogP contribution is 2.17. The second-order valence-corrected chi connectivity index (χ2v) is 4.62. The molecule has 0 aromatic heterocycles. The van der Waals surface area contributed by atoms with Crippen LogP contribution < -0.4 is 5.73 Å². The fourth-order valence-electron chi connectivity index (χ4n) is 1.70. The zero-order valence-electron chi connectivity index (χ0n) is 10.4. The van der Waals surface area contributed by atoms with Crippen LogP contribution in [0.1, 0.15) is 49.0 Å². The van der Waals surface area contributed by atoms with Crippen molar-refractivity contribution in [3.63, 3.8) is 0 Å². The van der Waals surface area contributed by atoms with E-state index in [9.17, 15) is 4.79 Å². The quantitative estimate of drug-likeness (QED) is 0.774. The molecular weight excluding hydrogens is 198 g/mol. The summed E-state index contributed by atoms with van der Waals surface area (Å²) >= 11 is 0. The van der Waals surface area contributed by atoms with E-state index < -0.39 is 0 Å². The molecule has 16 heavy (non-hydrogen) atoms. The summed E-state index contributed by atoms with van der Waals surface area (Å²) in [5.74, 6) is 0.723. The number of carbonyl (C=O) groups is 1. The van der Waals surface area contributed by atoms with Gasteiger partial charge in [0.1, 0.15) is 0 Å². The summed E-state index contributed by atoms with van der Waals surface area (Å²) in [5, 5.41) is 0. The molecule has 2 N–H and O–H groups in total. The van der Waals surface area contributed by atoms with E-state index in [1.165, 1.54) is 5.56 Å². The van der Waals surface area contributed by atoms with Crippen LogP contribution in [0.5, 0.6) is 0 Å². The van der Waals surface area contributed by atoms with Crippen molar-refractivity contribution in [3.05, 3.63) is 35.4 Å². The minimum atomic E-state index is 0.0231. The molecule has 1 unspecified atom stereocenters. The van der Waals surface area contributed by atoms with Gasteiger partial charge in [-0.05, 0) is 24.4 Å². The highest BCUT2D eigenvalue weighted by Gasteiger charge is 2.14. The molecule has 0 aliphatic heterocycles. The Hall–Kier alpha value is -1.15. The molecule has 2 nitrogen and oxygen atoms in total. The van der Waals surface area contributed by atoms with E-state index in [1.807, 2.05) is 31.2 Å². The number of nitrogens with two attached hydrogens (primary N) is 1. The van der Waals surface area contributed by atoms with Crippen molar-refractivity contribution in [2.24, 2.45) is 11.7 Å². The first kappa shape index (κ1) is 12.9. The molecule has 88 valence electrons. The molecule has 1 aromatic carbocycles. The smallest absolute Gasteiger partial charge is 0.165 e. The van der Waals surface area contributed by atoms with Crippen molar-refractivity contribution in [1.29, 1.82) is 0 Å². The van der Waals surface area contributed by atoms with Crippen molar-refractivity contribution in [2.75, 3.05) is 6.54 Å². The number of Topliss-reactive ketones (excluding diaryl/α,β-unsaturated/α-hetero) is 1. The lowest BCUT2D eigenvalue weighted by Gasteiger charge is -2.10. The molecule has 0 aliphatic rings. The normalized spacial score (nSPS) is 12.8. The van der Waals surface area contributed by atoms with E-state index in [2.05, 4.69) is 13.8 Å². The van der Waals surface area contributed by atoms with Gasteiger partial charge in [0.25, 0.3) is 0 Å². The molecule has 0 aliphatic carbocycles. The summed E-state index contributed by atoms with van der Waals surface area (Å²) in [7, 11) is 0. The average Bonchev–Trinajstić information content (AvgIpc) is 2.28. The van der Waals surface area contributed by atoms with Crippen LogP contribution in [0.3, 0.4) is 0 Å². The fraction of sp³-hybridized carbons (Fsp3) is 0.500. The van der Waals surface area contributed by atoms with E-state index in [1.54, 1.807) is 0 Å². The maximum atomic E-state index is 12.0. The van der Waals surface area contributed by atoms with Crippen LogP contribution in [0.15, 0.2) is 24.3 Å². The number of rotatable bonds is 5. The number of carbonyl (C=O) groups excluding carboxylic acids is 1. The standard InChI is InChI=1S/C14H21NO/c1-10(2)12-4-6-13(7-5-12)14(16)11(3)8-9-15/h4-7,10-11H,8-9,15H2,1-3H3. The minimum Gasteiger partial charge on any atom is -0.330 e. The average molecular weight is 219 g/mol. The second kappa shape index (κ2) is 5.80. The van der Waals surface area contributed by atoms with Crippen LogP contribution in [0, 0.1) is 5.92 Å². The Labute approximate surface area is 97.9 Å². The molecule has 0 amide bonds. The lowest BCUT2D eigenvalue weighted by Crippen LogP contribution is -2.15. The van der Waals surface area contributed by atoms with Crippen LogP contribution >= 0.6 is 0 Å². The molecular formula is C14H21NO. The molecule has 1 aromatic rings. The lowest BCUT2D eigenvalue weighted by atomic mass is 9.94. The Morgan fingerprint density at radius 1 is 1.19 bits per heavy atom. The van der Waals surface area contributed by atoms with E-state index >= 15 is 0 Å². The van der Waals surface area contributed by atoms with Gasteiger partial charge >= 0.3 is 0 Å². The van der Waals surface area contributed by atoms with Gasteiger partial charge in [-0.1, -0.05) is 45.0 Å². The van der Waals surface area contributed by atoms with E-state index in [-0.39, 0.29) is 11.7 Å². The van der Waals surface area contributed by atoms with Crippen molar-refractivity contribution in [3.8, 4) is 0 Å². The number of benzene rings is 1. The molecule has 0 saturated heterocycles. The number of hydrogen-bond donors (Lipinski definition) is 1. The van der Waals surface area contributed by atoms with Crippen LogP contribution in [0.2, 0.25) is 0 Å².